The van der Waals surface area contributed by atoms with Gasteiger partial charge in [0.25, 0.3) is 11.8 Å². The van der Waals surface area contributed by atoms with Crippen LogP contribution in [0.4, 0.5) is 5.69 Å². The molecular formula is C17H18N6O3S. The highest BCUT2D eigenvalue weighted by atomic mass is 32.1. The van der Waals surface area contributed by atoms with Gasteiger partial charge in [-0.15, -0.1) is 0 Å². The molecule has 0 aliphatic rings. The van der Waals surface area contributed by atoms with Gasteiger partial charge in [0, 0.05) is 12.6 Å². The summed E-state index contributed by atoms with van der Waals surface area (Å²) in [5.74, 6) is -0.474. The standard InChI is InChI=1S/C17H18N6O3S/c1-9-13(22-27-21-9)8-26-12-6-4-11(5-7-12)17(25)19-14-10(2)23(3)20-15(14)16(18)24/h4-7H,8H2,1-3H3,(H2,18,24)(H,19,25). The smallest absolute Gasteiger partial charge is 0.271 e. The number of benzene rings is 1. The molecule has 1 aromatic carbocycles. The molecule has 0 spiro atoms. The quantitative estimate of drug-likeness (QED) is 0.666. The van der Waals surface area contributed by atoms with Crippen LogP contribution in [0.5, 0.6) is 5.75 Å². The first-order valence-electron chi connectivity index (χ1n) is 8.02. The molecule has 0 atom stereocenters. The van der Waals surface area contributed by atoms with Crippen LogP contribution in [0.2, 0.25) is 0 Å². The number of nitrogens with zero attached hydrogens (tertiary/aromatic N) is 4. The number of ether oxygens (including phenoxy) is 1. The van der Waals surface area contributed by atoms with E-state index in [9.17, 15) is 9.59 Å². The van der Waals surface area contributed by atoms with E-state index in [2.05, 4.69) is 19.2 Å². The first-order chi connectivity index (χ1) is 12.9. The minimum absolute atomic E-state index is 0.0237. The predicted molar refractivity (Wildman–Crippen MR) is 99.8 cm³/mol. The Labute approximate surface area is 159 Å². The lowest BCUT2D eigenvalue weighted by Gasteiger charge is -2.08. The third kappa shape index (κ3) is 3.95. The van der Waals surface area contributed by atoms with Crippen LogP contribution >= 0.6 is 11.7 Å². The number of carbonyl (C=O) groups excluding carboxylic acids is 2. The average Bonchev–Trinajstić information content (AvgIpc) is 3.18. The van der Waals surface area contributed by atoms with Gasteiger partial charge >= 0.3 is 0 Å². The second-order valence-corrected chi connectivity index (χ2v) is 6.39. The molecule has 0 saturated heterocycles. The molecule has 10 heteroatoms. The summed E-state index contributed by atoms with van der Waals surface area (Å²) in [5, 5.41) is 6.72. The number of rotatable bonds is 6. The molecule has 0 saturated carbocycles. The van der Waals surface area contributed by atoms with Crippen molar-refractivity contribution in [1.82, 2.24) is 18.5 Å². The summed E-state index contributed by atoms with van der Waals surface area (Å²) in [6, 6.07) is 6.64. The van der Waals surface area contributed by atoms with Gasteiger partial charge in [0.05, 0.1) is 28.8 Å². The molecule has 0 fully saturated rings. The fourth-order valence-corrected chi connectivity index (χ4v) is 2.90. The summed E-state index contributed by atoms with van der Waals surface area (Å²) < 4.78 is 15.4. The summed E-state index contributed by atoms with van der Waals surface area (Å²) >= 11 is 1.14. The summed E-state index contributed by atoms with van der Waals surface area (Å²) in [6.07, 6.45) is 0. The molecule has 3 N–H and O–H groups in total. The molecule has 0 unspecified atom stereocenters. The SMILES string of the molecule is Cc1nsnc1COc1ccc(C(=O)Nc2c(C(N)=O)nn(C)c2C)cc1. The predicted octanol–water partition coefficient (Wildman–Crippen LogP) is 1.82. The molecule has 0 aliphatic carbocycles. The van der Waals surface area contributed by atoms with Crippen LogP contribution in [-0.4, -0.2) is 30.3 Å². The summed E-state index contributed by atoms with van der Waals surface area (Å²) in [5.41, 5.74) is 8.32. The number of nitrogens with two attached hydrogens (primary N) is 1. The Morgan fingerprint density at radius 2 is 1.93 bits per heavy atom. The Kier molecular flexibility index (Phi) is 5.17. The molecule has 3 rings (SSSR count). The molecule has 2 aromatic heterocycles. The van der Waals surface area contributed by atoms with Gasteiger partial charge in [0.1, 0.15) is 18.1 Å². The molecule has 140 valence electrons. The van der Waals surface area contributed by atoms with Crippen LogP contribution in [0, 0.1) is 13.8 Å². The Morgan fingerprint density at radius 3 is 2.52 bits per heavy atom. The molecular weight excluding hydrogens is 368 g/mol. The van der Waals surface area contributed by atoms with Crippen molar-refractivity contribution in [2.75, 3.05) is 5.32 Å². The molecule has 0 radical (unpaired) electrons. The van der Waals surface area contributed by atoms with Crippen LogP contribution in [0.3, 0.4) is 0 Å². The van der Waals surface area contributed by atoms with Crippen molar-refractivity contribution < 1.29 is 14.3 Å². The van der Waals surface area contributed by atoms with Gasteiger partial charge < -0.3 is 15.8 Å². The lowest BCUT2D eigenvalue weighted by Crippen LogP contribution is -2.18. The maximum atomic E-state index is 12.5. The van der Waals surface area contributed by atoms with Crippen molar-refractivity contribution in [2.24, 2.45) is 12.8 Å². The first-order valence-corrected chi connectivity index (χ1v) is 8.75. The van der Waals surface area contributed by atoms with E-state index in [0.717, 1.165) is 23.1 Å². The highest BCUT2D eigenvalue weighted by molar-refractivity contribution is 6.99. The third-order valence-electron chi connectivity index (χ3n) is 4.04. The van der Waals surface area contributed by atoms with Crippen molar-refractivity contribution in [3.63, 3.8) is 0 Å². The fourth-order valence-electron chi connectivity index (χ4n) is 2.35. The average molecular weight is 386 g/mol. The van der Waals surface area contributed by atoms with Crippen molar-refractivity contribution in [3.8, 4) is 5.75 Å². The number of amides is 2. The van der Waals surface area contributed by atoms with Crippen molar-refractivity contribution in [1.29, 1.82) is 0 Å². The zero-order valence-corrected chi connectivity index (χ0v) is 15.8. The maximum Gasteiger partial charge on any atom is 0.271 e. The molecule has 9 nitrogen and oxygen atoms in total. The lowest BCUT2D eigenvalue weighted by atomic mass is 10.2. The van der Waals surface area contributed by atoms with Gasteiger partial charge in [0.15, 0.2) is 5.69 Å². The minimum Gasteiger partial charge on any atom is -0.487 e. The largest absolute Gasteiger partial charge is 0.487 e. The number of aromatic nitrogens is 4. The topological polar surface area (TPSA) is 125 Å². The van der Waals surface area contributed by atoms with Gasteiger partial charge in [-0.2, -0.15) is 13.8 Å². The Morgan fingerprint density at radius 1 is 1.22 bits per heavy atom. The number of aryl methyl sites for hydroxylation is 2. The van der Waals surface area contributed by atoms with E-state index in [-0.39, 0.29) is 11.6 Å². The second kappa shape index (κ2) is 7.54. The number of hydrogen-bond donors (Lipinski definition) is 2. The number of carbonyl (C=O) groups is 2. The Hall–Kier alpha value is -3.27. The highest BCUT2D eigenvalue weighted by Crippen LogP contribution is 2.21. The van der Waals surface area contributed by atoms with Crippen LogP contribution in [0.15, 0.2) is 24.3 Å². The molecule has 27 heavy (non-hydrogen) atoms. The van der Waals surface area contributed by atoms with E-state index in [1.54, 1.807) is 38.2 Å². The van der Waals surface area contributed by atoms with Gasteiger partial charge in [-0.1, -0.05) is 0 Å². The number of anilines is 1. The van der Waals surface area contributed by atoms with E-state index in [4.69, 9.17) is 10.5 Å². The zero-order valence-electron chi connectivity index (χ0n) is 15.0. The zero-order chi connectivity index (χ0) is 19.6. The van der Waals surface area contributed by atoms with Crippen molar-refractivity contribution in [2.45, 2.75) is 20.5 Å². The highest BCUT2D eigenvalue weighted by Gasteiger charge is 2.20. The molecule has 3 aromatic rings. The van der Waals surface area contributed by atoms with E-state index in [1.807, 2.05) is 6.92 Å². The summed E-state index contributed by atoms with van der Waals surface area (Å²) in [4.78, 5) is 24.0. The molecule has 0 bridgehead atoms. The first kappa shape index (κ1) is 18.5. The Balaban J connectivity index is 1.69. The minimum atomic E-state index is -0.704. The third-order valence-corrected chi connectivity index (χ3v) is 4.70. The lowest BCUT2D eigenvalue weighted by molar-refractivity contribution is 0.0995. The van der Waals surface area contributed by atoms with Crippen LogP contribution in [0.25, 0.3) is 0 Å². The maximum absolute atomic E-state index is 12.5. The number of primary amides is 1. The fraction of sp³-hybridized carbons (Fsp3) is 0.235. The summed E-state index contributed by atoms with van der Waals surface area (Å²) in [6.45, 7) is 3.92. The molecule has 2 amide bonds. The van der Waals surface area contributed by atoms with Crippen molar-refractivity contribution >= 4 is 29.2 Å². The van der Waals surface area contributed by atoms with E-state index in [0.29, 0.717) is 29.3 Å². The van der Waals surface area contributed by atoms with Gasteiger partial charge in [-0.3, -0.25) is 14.3 Å². The van der Waals surface area contributed by atoms with Crippen LogP contribution in [0.1, 0.15) is 37.9 Å². The molecule has 2 heterocycles. The normalized spacial score (nSPS) is 10.6. The van der Waals surface area contributed by atoms with Gasteiger partial charge in [-0.25, -0.2) is 0 Å². The van der Waals surface area contributed by atoms with Gasteiger partial charge in [-0.05, 0) is 38.1 Å². The Bertz CT molecular complexity index is 993. The molecule has 0 aliphatic heterocycles. The van der Waals surface area contributed by atoms with Crippen molar-refractivity contribution in [3.05, 3.63) is 52.6 Å². The van der Waals surface area contributed by atoms with E-state index in [1.165, 1.54) is 4.68 Å². The number of nitrogens with one attached hydrogen (secondary N) is 1. The number of hydrogen-bond acceptors (Lipinski definition) is 7. The summed E-state index contributed by atoms with van der Waals surface area (Å²) in [7, 11) is 1.67. The van der Waals surface area contributed by atoms with Crippen LogP contribution in [-0.2, 0) is 13.7 Å². The van der Waals surface area contributed by atoms with E-state index < -0.39 is 5.91 Å². The monoisotopic (exact) mass is 386 g/mol. The second-order valence-electron chi connectivity index (χ2n) is 5.86. The van der Waals surface area contributed by atoms with Gasteiger partial charge in [0.2, 0.25) is 0 Å². The van der Waals surface area contributed by atoms with Crippen LogP contribution < -0.4 is 15.8 Å². The van der Waals surface area contributed by atoms with E-state index >= 15 is 0 Å².